The van der Waals surface area contributed by atoms with Crippen LogP contribution in [-0.4, -0.2) is 6.10 Å². The molecule has 1 aliphatic rings. The molecule has 0 saturated carbocycles. The van der Waals surface area contributed by atoms with Gasteiger partial charge in [0.1, 0.15) is 23.0 Å². The Morgan fingerprint density at radius 3 is 2.80 bits per heavy atom. The van der Waals surface area contributed by atoms with Gasteiger partial charge in [-0.3, -0.25) is 0 Å². The van der Waals surface area contributed by atoms with Gasteiger partial charge in [-0.05, 0) is 32.1 Å². The Hall–Kier alpha value is 0.430. The van der Waals surface area contributed by atoms with Crippen LogP contribution in [0.15, 0.2) is 12.2 Å². The molecule has 0 amide bonds. The van der Waals surface area contributed by atoms with Crippen LogP contribution in [0, 0.1) is 0 Å². The number of halogens is 1. The van der Waals surface area contributed by atoms with Crippen LogP contribution >= 0.6 is 23.0 Å². The molecule has 1 nitrogen and oxygen atoms in total. The standard InChI is InChI=1S/C8H13IO/c9-10-8-6-4-2-1-3-5-7-8/h1-2,8H,3-7H2/b2-1+. The van der Waals surface area contributed by atoms with E-state index < -0.39 is 0 Å². The Labute approximate surface area is 76.5 Å². The SMILES string of the molecule is IOC1CC/C=C/CCC1. The minimum absolute atomic E-state index is 0.505. The topological polar surface area (TPSA) is 9.23 Å². The lowest BCUT2D eigenvalue weighted by Crippen LogP contribution is -2.07. The Morgan fingerprint density at radius 2 is 2.00 bits per heavy atom. The first-order valence-electron chi connectivity index (χ1n) is 3.86. The van der Waals surface area contributed by atoms with Crippen LogP contribution in [0.4, 0.5) is 0 Å². The predicted octanol–water partition coefficient (Wildman–Crippen LogP) is 3.24. The lowest BCUT2D eigenvalue weighted by molar-refractivity contribution is 0.248. The second kappa shape index (κ2) is 5.13. The molecule has 0 spiro atoms. The van der Waals surface area contributed by atoms with Gasteiger partial charge in [0.2, 0.25) is 0 Å². The lowest BCUT2D eigenvalue weighted by atomic mass is 10.0. The molecule has 1 aliphatic carbocycles. The van der Waals surface area contributed by atoms with Crippen molar-refractivity contribution in [1.82, 2.24) is 0 Å². The van der Waals surface area contributed by atoms with Gasteiger partial charge in [0, 0.05) is 0 Å². The third-order valence-electron chi connectivity index (χ3n) is 1.84. The third kappa shape index (κ3) is 3.01. The smallest absolute Gasteiger partial charge is 0.110 e. The second-order valence-electron chi connectivity index (χ2n) is 2.69. The van der Waals surface area contributed by atoms with Gasteiger partial charge in [-0.15, -0.1) is 0 Å². The van der Waals surface area contributed by atoms with Gasteiger partial charge < -0.3 is 3.07 Å². The molecule has 0 heterocycles. The normalized spacial score (nSPS) is 30.7. The van der Waals surface area contributed by atoms with Crippen molar-refractivity contribution < 1.29 is 3.07 Å². The zero-order valence-electron chi connectivity index (χ0n) is 6.05. The zero-order chi connectivity index (χ0) is 7.23. The van der Waals surface area contributed by atoms with Crippen molar-refractivity contribution in [2.75, 3.05) is 0 Å². The van der Waals surface area contributed by atoms with Crippen molar-refractivity contribution in [2.45, 2.75) is 38.2 Å². The maximum atomic E-state index is 5.26. The fourth-order valence-corrected chi connectivity index (χ4v) is 1.72. The van der Waals surface area contributed by atoms with E-state index in [1.165, 1.54) is 32.1 Å². The lowest BCUT2D eigenvalue weighted by Gasteiger charge is -2.13. The van der Waals surface area contributed by atoms with Gasteiger partial charge in [-0.2, -0.15) is 0 Å². The summed E-state index contributed by atoms with van der Waals surface area (Å²) in [7, 11) is 0. The Morgan fingerprint density at radius 1 is 1.20 bits per heavy atom. The first-order valence-corrected chi connectivity index (χ1v) is 4.74. The predicted molar refractivity (Wildman–Crippen MR) is 51.1 cm³/mol. The molecule has 0 saturated heterocycles. The molecule has 2 heteroatoms. The van der Waals surface area contributed by atoms with Crippen molar-refractivity contribution in [3.05, 3.63) is 12.2 Å². The van der Waals surface area contributed by atoms with E-state index in [2.05, 4.69) is 12.2 Å². The largest absolute Gasteiger partial charge is 0.312 e. The summed E-state index contributed by atoms with van der Waals surface area (Å²) in [6.45, 7) is 0. The summed E-state index contributed by atoms with van der Waals surface area (Å²) in [6.07, 6.45) is 11.2. The third-order valence-corrected chi connectivity index (χ3v) is 2.56. The molecule has 1 unspecified atom stereocenters. The van der Waals surface area contributed by atoms with Crippen LogP contribution in [0.1, 0.15) is 32.1 Å². The summed E-state index contributed by atoms with van der Waals surface area (Å²) in [6, 6.07) is 0. The van der Waals surface area contributed by atoms with Gasteiger partial charge in [-0.25, -0.2) is 0 Å². The van der Waals surface area contributed by atoms with E-state index >= 15 is 0 Å². The summed E-state index contributed by atoms with van der Waals surface area (Å²) in [5.74, 6) is 0. The molecule has 58 valence electrons. The summed E-state index contributed by atoms with van der Waals surface area (Å²) in [4.78, 5) is 0. The number of hydrogen-bond donors (Lipinski definition) is 0. The summed E-state index contributed by atoms with van der Waals surface area (Å²) >= 11 is 2.01. The zero-order valence-corrected chi connectivity index (χ0v) is 8.21. The van der Waals surface area contributed by atoms with Gasteiger partial charge >= 0.3 is 0 Å². The fraction of sp³-hybridized carbons (Fsp3) is 0.750. The Balaban J connectivity index is 2.27. The molecule has 0 aliphatic heterocycles. The van der Waals surface area contributed by atoms with Crippen molar-refractivity contribution in [3.8, 4) is 0 Å². The maximum Gasteiger partial charge on any atom is 0.110 e. The Kier molecular flexibility index (Phi) is 4.37. The molecule has 0 N–H and O–H groups in total. The monoisotopic (exact) mass is 252 g/mol. The minimum atomic E-state index is 0.505. The van der Waals surface area contributed by atoms with Gasteiger partial charge in [0.25, 0.3) is 0 Å². The van der Waals surface area contributed by atoms with Crippen LogP contribution in [0.5, 0.6) is 0 Å². The van der Waals surface area contributed by atoms with Crippen molar-refractivity contribution in [2.24, 2.45) is 0 Å². The van der Waals surface area contributed by atoms with E-state index in [0.717, 1.165) is 0 Å². The number of hydrogen-bond acceptors (Lipinski definition) is 1. The molecular weight excluding hydrogens is 239 g/mol. The van der Waals surface area contributed by atoms with Crippen molar-refractivity contribution >= 4 is 23.0 Å². The summed E-state index contributed by atoms with van der Waals surface area (Å²) in [5.41, 5.74) is 0. The van der Waals surface area contributed by atoms with Crippen molar-refractivity contribution in [1.29, 1.82) is 0 Å². The highest BCUT2D eigenvalue weighted by molar-refractivity contribution is 14.1. The minimum Gasteiger partial charge on any atom is -0.312 e. The van der Waals surface area contributed by atoms with E-state index in [9.17, 15) is 0 Å². The van der Waals surface area contributed by atoms with Gasteiger partial charge in [0.05, 0.1) is 6.10 Å². The molecule has 0 radical (unpaired) electrons. The number of allylic oxidation sites excluding steroid dienone is 2. The van der Waals surface area contributed by atoms with Gasteiger partial charge in [0.15, 0.2) is 0 Å². The second-order valence-corrected chi connectivity index (χ2v) is 3.20. The van der Waals surface area contributed by atoms with E-state index in [1.54, 1.807) is 0 Å². The molecule has 0 aromatic carbocycles. The molecule has 0 aromatic rings. The average molecular weight is 252 g/mol. The highest BCUT2D eigenvalue weighted by Crippen LogP contribution is 2.16. The molecule has 1 rings (SSSR count). The maximum absolute atomic E-state index is 5.26. The first-order chi connectivity index (χ1) is 4.93. The number of rotatable bonds is 1. The molecule has 10 heavy (non-hydrogen) atoms. The quantitative estimate of drug-likeness (QED) is 0.514. The molecule has 0 bridgehead atoms. The summed E-state index contributed by atoms with van der Waals surface area (Å²) in [5, 5.41) is 0. The van der Waals surface area contributed by atoms with Gasteiger partial charge in [-0.1, -0.05) is 12.2 Å². The van der Waals surface area contributed by atoms with E-state index in [-0.39, 0.29) is 0 Å². The van der Waals surface area contributed by atoms with Crippen molar-refractivity contribution in [3.63, 3.8) is 0 Å². The van der Waals surface area contributed by atoms with Crippen LogP contribution in [0.2, 0.25) is 0 Å². The Bertz CT molecular complexity index is 112. The summed E-state index contributed by atoms with van der Waals surface area (Å²) < 4.78 is 5.26. The van der Waals surface area contributed by atoms with E-state index in [0.29, 0.717) is 6.10 Å². The highest BCUT2D eigenvalue weighted by Gasteiger charge is 2.07. The van der Waals surface area contributed by atoms with Crippen LogP contribution in [-0.2, 0) is 3.07 Å². The van der Waals surface area contributed by atoms with E-state index in [1.807, 2.05) is 23.0 Å². The molecule has 0 fully saturated rings. The molecule has 0 aromatic heterocycles. The van der Waals surface area contributed by atoms with E-state index in [4.69, 9.17) is 3.07 Å². The molecular formula is C8H13IO. The average Bonchev–Trinajstić information content (AvgIpc) is 1.87. The first kappa shape index (κ1) is 8.53. The molecule has 1 atom stereocenters. The van der Waals surface area contributed by atoms with Crippen LogP contribution in [0.3, 0.4) is 0 Å². The van der Waals surface area contributed by atoms with Crippen LogP contribution < -0.4 is 0 Å². The van der Waals surface area contributed by atoms with Crippen LogP contribution in [0.25, 0.3) is 0 Å². The highest BCUT2D eigenvalue weighted by atomic mass is 127. The fourth-order valence-electron chi connectivity index (χ4n) is 1.21.